The molecule has 1 fully saturated rings. The Morgan fingerprint density at radius 2 is 2.21 bits per heavy atom. The molecule has 0 amide bonds. The maximum absolute atomic E-state index is 10.8. The molecule has 5 nitrogen and oxygen atoms in total. The Morgan fingerprint density at radius 1 is 1.42 bits per heavy atom. The first-order valence-electron chi connectivity index (χ1n) is 5.91. The summed E-state index contributed by atoms with van der Waals surface area (Å²) in [6.07, 6.45) is 4.26. The van der Waals surface area contributed by atoms with Gasteiger partial charge in [0.2, 0.25) is 0 Å². The molecule has 1 aliphatic rings. The molecule has 0 aliphatic carbocycles. The number of anilines is 1. The number of fused-ring (bicyclic) bond motifs is 1. The van der Waals surface area contributed by atoms with Crippen LogP contribution in [0.15, 0.2) is 24.5 Å². The zero-order valence-electron chi connectivity index (χ0n) is 12.0. The molecule has 6 heteroatoms. The molecule has 1 N–H and O–H groups in total. The van der Waals surface area contributed by atoms with E-state index in [1.165, 1.54) is 12.6 Å². The molecule has 94 valence electrons. The van der Waals surface area contributed by atoms with E-state index in [0.717, 1.165) is 23.3 Å². The first kappa shape index (κ1) is 13.8. The van der Waals surface area contributed by atoms with Crippen molar-refractivity contribution < 1.29 is 30.2 Å². The van der Waals surface area contributed by atoms with Crippen LogP contribution < -0.4 is 23.8 Å². The average molecular weight is 251 g/mol. The standard InChI is InChI=1S/C13H13N3O2.Li.H/c1-8-2-3-16(8)12-5-11-9(6-15-12)4-10(7-14-11)13(17)18;;/h4-8H,2-3H2,1H3,(H,17,18);;/q;+1;-1. The van der Waals surface area contributed by atoms with Crippen LogP contribution in [0.2, 0.25) is 0 Å². The van der Waals surface area contributed by atoms with Crippen molar-refractivity contribution in [3.05, 3.63) is 30.1 Å². The summed E-state index contributed by atoms with van der Waals surface area (Å²) in [7, 11) is 0. The van der Waals surface area contributed by atoms with Gasteiger partial charge < -0.3 is 11.4 Å². The molecule has 1 aliphatic heterocycles. The molecule has 0 saturated carbocycles. The largest absolute Gasteiger partial charge is 1.00 e. The molecule has 2 aromatic rings. The van der Waals surface area contributed by atoms with Crippen LogP contribution in [0.1, 0.15) is 25.1 Å². The van der Waals surface area contributed by atoms with E-state index in [4.69, 9.17) is 5.11 Å². The van der Waals surface area contributed by atoms with E-state index in [9.17, 15) is 4.79 Å². The zero-order chi connectivity index (χ0) is 12.7. The first-order valence-corrected chi connectivity index (χ1v) is 5.91. The molecular formula is C13H14LiN3O2. The minimum atomic E-state index is -0.968. The summed E-state index contributed by atoms with van der Waals surface area (Å²) in [6, 6.07) is 4.03. The minimum Gasteiger partial charge on any atom is -1.00 e. The molecule has 1 unspecified atom stereocenters. The number of carboxylic acids is 1. The summed E-state index contributed by atoms with van der Waals surface area (Å²) in [4.78, 5) is 21.6. The van der Waals surface area contributed by atoms with Gasteiger partial charge in [0.25, 0.3) is 0 Å². The second kappa shape index (κ2) is 5.20. The van der Waals surface area contributed by atoms with E-state index in [-0.39, 0.29) is 25.9 Å². The third-order valence-electron chi connectivity index (χ3n) is 3.41. The van der Waals surface area contributed by atoms with Gasteiger partial charge in [0.1, 0.15) is 5.82 Å². The Kier molecular flexibility index (Phi) is 3.79. The van der Waals surface area contributed by atoms with E-state index in [0.29, 0.717) is 6.04 Å². The average Bonchev–Trinajstić information content (AvgIpc) is 2.36. The van der Waals surface area contributed by atoms with Crippen molar-refractivity contribution in [3.8, 4) is 0 Å². The van der Waals surface area contributed by atoms with Crippen molar-refractivity contribution in [2.75, 3.05) is 11.4 Å². The Balaban J connectivity index is 0.000001000. The predicted molar refractivity (Wildman–Crippen MR) is 69.0 cm³/mol. The fourth-order valence-electron chi connectivity index (χ4n) is 2.14. The van der Waals surface area contributed by atoms with E-state index in [2.05, 4.69) is 21.8 Å². The molecule has 1 atom stereocenters. The normalized spacial score (nSPS) is 17.7. The van der Waals surface area contributed by atoms with Crippen LogP contribution in [-0.4, -0.2) is 33.6 Å². The molecule has 0 bridgehead atoms. The van der Waals surface area contributed by atoms with Crippen LogP contribution in [0.5, 0.6) is 0 Å². The van der Waals surface area contributed by atoms with Gasteiger partial charge in [-0.2, -0.15) is 0 Å². The summed E-state index contributed by atoms with van der Waals surface area (Å²) in [5.74, 6) is -0.0540. The van der Waals surface area contributed by atoms with Gasteiger partial charge in [-0.15, -0.1) is 0 Å². The van der Waals surface area contributed by atoms with E-state index < -0.39 is 5.97 Å². The van der Waals surface area contributed by atoms with E-state index in [1.807, 2.05) is 6.07 Å². The molecule has 3 heterocycles. The summed E-state index contributed by atoms with van der Waals surface area (Å²) in [6.45, 7) is 3.18. The van der Waals surface area contributed by atoms with Gasteiger partial charge in [-0.25, -0.2) is 9.78 Å². The molecule has 19 heavy (non-hydrogen) atoms. The van der Waals surface area contributed by atoms with Gasteiger partial charge in [0.15, 0.2) is 0 Å². The van der Waals surface area contributed by atoms with Crippen molar-refractivity contribution in [1.29, 1.82) is 0 Å². The molecule has 3 rings (SSSR count). The Morgan fingerprint density at radius 3 is 2.79 bits per heavy atom. The van der Waals surface area contributed by atoms with Gasteiger partial charge >= 0.3 is 24.8 Å². The monoisotopic (exact) mass is 251 g/mol. The number of carbonyl (C=O) groups is 1. The van der Waals surface area contributed by atoms with Crippen molar-refractivity contribution in [1.82, 2.24) is 9.97 Å². The molecule has 0 aromatic carbocycles. The third-order valence-corrected chi connectivity index (χ3v) is 3.41. The molecular weight excluding hydrogens is 237 g/mol. The van der Waals surface area contributed by atoms with Crippen LogP contribution in [-0.2, 0) is 0 Å². The number of pyridine rings is 2. The number of aromatic carboxylic acids is 1. The summed E-state index contributed by atoms with van der Waals surface area (Å²) >= 11 is 0. The first-order chi connectivity index (χ1) is 8.65. The smallest absolute Gasteiger partial charge is 1.00 e. The third kappa shape index (κ3) is 2.44. The fourth-order valence-corrected chi connectivity index (χ4v) is 2.14. The van der Waals surface area contributed by atoms with Gasteiger partial charge in [0.05, 0.1) is 11.1 Å². The van der Waals surface area contributed by atoms with Crippen molar-refractivity contribution in [2.24, 2.45) is 0 Å². The van der Waals surface area contributed by atoms with Gasteiger partial charge in [-0.3, -0.25) is 4.98 Å². The topological polar surface area (TPSA) is 66.3 Å². The minimum absolute atomic E-state index is 0. The quantitative estimate of drug-likeness (QED) is 0.697. The number of hydrogen-bond acceptors (Lipinski definition) is 4. The number of aromatic nitrogens is 2. The molecule has 2 aromatic heterocycles. The second-order valence-electron chi connectivity index (χ2n) is 4.60. The fraction of sp³-hybridized carbons (Fsp3) is 0.308. The van der Waals surface area contributed by atoms with Crippen LogP contribution in [0, 0.1) is 0 Å². The summed E-state index contributed by atoms with van der Waals surface area (Å²) in [5, 5.41) is 9.66. The number of hydrogen-bond donors (Lipinski definition) is 1. The second-order valence-corrected chi connectivity index (χ2v) is 4.60. The maximum Gasteiger partial charge on any atom is 1.00 e. The van der Waals surface area contributed by atoms with Crippen LogP contribution in [0.25, 0.3) is 10.9 Å². The van der Waals surface area contributed by atoms with Gasteiger partial charge in [-0.1, -0.05) is 0 Å². The van der Waals surface area contributed by atoms with E-state index in [1.54, 1.807) is 12.3 Å². The Labute approximate surface area is 124 Å². The predicted octanol–water partition coefficient (Wildman–Crippen LogP) is -0.957. The van der Waals surface area contributed by atoms with Gasteiger partial charge in [0, 0.05) is 36.4 Å². The number of rotatable bonds is 2. The SMILES string of the molecule is CC1CCN1c1cc2ncc(C(=O)O)cc2cn1.[H-].[Li+]. The zero-order valence-corrected chi connectivity index (χ0v) is 11.0. The van der Waals surface area contributed by atoms with E-state index >= 15 is 0 Å². The van der Waals surface area contributed by atoms with Crippen molar-refractivity contribution >= 4 is 22.7 Å². The van der Waals surface area contributed by atoms with Crippen molar-refractivity contribution in [2.45, 2.75) is 19.4 Å². The van der Waals surface area contributed by atoms with Crippen LogP contribution >= 0.6 is 0 Å². The molecule has 0 spiro atoms. The Bertz CT molecular complexity index is 638. The van der Waals surface area contributed by atoms with Crippen LogP contribution in [0.3, 0.4) is 0 Å². The van der Waals surface area contributed by atoms with Gasteiger partial charge in [-0.05, 0) is 19.4 Å². The number of carboxylic acid groups (broad SMARTS) is 1. The Hall–Kier alpha value is -1.57. The van der Waals surface area contributed by atoms with Crippen LogP contribution in [0.4, 0.5) is 5.82 Å². The summed E-state index contributed by atoms with van der Waals surface area (Å²) in [5.41, 5.74) is 0.971. The number of nitrogens with zero attached hydrogens (tertiary/aromatic N) is 3. The summed E-state index contributed by atoms with van der Waals surface area (Å²) < 4.78 is 0. The molecule has 0 radical (unpaired) electrons. The molecule has 1 saturated heterocycles. The maximum atomic E-state index is 10.8. The van der Waals surface area contributed by atoms with Crippen molar-refractivity contribution in [3.63, 3.8) is 0 Å².